The summed E-state index contributed by atoms with van der Waals surface area (Å²) >= 11 is 6.74. The Kier molecular flexibility index (Phi) is 17.5. The first-order valence-corrected chi connectivity index (χ1v) is 10.2. The molecule has 1 aromatic rings. The summed E-state index contributed by atoms with van der Waals surface area (Å²) in [6.07, 6.45) is 1.42. The number of ether oxygens (including phenoxy) is 4. The summed E-state index contributed by atoms with van der Waals surface area (Å²) < 4.78 is 23.0. The van der Waals surface area contributed by atoms with Crippen LogP contribution in [0.1, 0.15) is 30.6 Å². The maximum absolute atomic E-state index is 10.8. The van der Waals surface area contributed by atoms with Gasteiger partial charge < -0.3 is 24.1 Å². The SMILES string of the molecule is CC.O=Cc1cc(Br)c(OCCOCCOCCOCCCO)c(Br)c1. The van der Waals surface area contributed by atoms with E-state index in [9.17, 15) is 4.79 Å². The molecule has 6 nitrogen and oxygen atoms in total. The van der Waals surface area contributed by atoms with Crippen molar-refractivity contribution in [1.82, 2.24) is 0 Å². The standard InChI is InChI=1S/C16H22Br2O6.C2H6/c17-14-10-13(12-20)11-15(18)16(14)24-9-8-23-7-6-22-5-4-21-3-1-2-19;1-2/h10-12,19H,1-9H2;1-2H3. The molecule has 0 unspecified atom stereocenters. The van der Waals surface area contributed by atoms with Gasteiger partial charge in [-0.1, -0.05) is 13.8 Å². The van der Waals surface area contributed by atoms with Crippen LogP contribution < -0.4 is 4.74 Å². The molecule has 0 radical (unpaired) electrons. The number of benzene rings is 1. The van der Waals surface area contributed by atoms with Crippen molar-refractivity contribution >= 4 is 38.1 Å². The van der Waals surface area contributed by atoms with Gasteiger partial charge in [0.25, 0.3) is 0 Å². The van der Waals surface area contributed by atoms with E-state index in [4.69, 9.17) is 24.1 Å². The number of hydrogen-bond acceptors (Lipinski definition) is 6. The molecule has 0 aliphatic rings. The van der Waals surface area contributed by atoms with Crippen LogP contribution in [0.5, 0.6) is 5.75 Å². The third-order valence-electron chi connectivity index (χ3n) is 2.82. The van der Waals surface area contributed by atoms with Crippen LogP contribution in [0.15, 0.2) is 21.1 Å². The monoisotopic (exact) mass is 498 g/mol. The first kappa shape index (κ1) is 25.5. The van der Waals surface area contributed by atoms with E-state index in [0.29, 0.717) is 72.9 Å². The van der Waals surface area contributed by atoms with E-state index in [1.54, 1.807) is 12.1 Å². The molecule has 0 saturated carbocycles. The Hall–Kier alpha value is -0.510. The average molecular weight is 500 g/mol. The molecule has 0 fully saturated rings. The van der Waals surface area contributed by atoms with E-state index in [1.165, 1.54) is 0 Å². The number of rotatable bonds is 14. The smallest absolute Gasteiger partial charge is 0.150 e. The zero-order chi connectivity index (χ0) is 19.6. The molecule has 1 rings (SSSR count). The van der Waals surface area contributed by atoms with Gasteiger partial charge in [0, 0.05) is 18.8 Å². The molecule has 0 aliphatic heterocycles. The molecular weight excluding hydrogens is 472 g/mol. The molecule has 0 amide bonds. The van der Waals surface area contributed by atoms with Crippen molar-refractivity contribution in [3.63, 3.8) is 0 Å². The molecule has 0 bridgehead atoms. The third-order valence-corrected chi connectivity index (χ3v) is 4.00. The van der Waals surface area contributed by atoms with Gasteiger partial charge in [-0.25, -0.2) is 0 Å². The Morgan fingerprint density at radius 3 is 1.81 bits per heavy atom. The van der Waals surface area contributed by atoms with Gasteiger partial charge in [-0.15, -0.1) is 0 Å². The molecule has 8 heteroatoms. The van der Waals surface area contributed by atoms with Crippen LogP contribution >= 0.6 is 31.9 Å². The minimum absolute atomic E-state index is 0.144. The lowest BCUT2D eigenvalue weighted by atomic mass is 10.2. The van der Waals surface area contributed by atoms with E-state index in [0.717, 1.165) is 6.29 Å². The lowest BCUT2D eigenvalue weighted by molar-refractivity contribution is 0.00745. The Labute approximate surface area is 172 Å². The molecule has 0 spiro atoms. The molecule has 0 saturated heterocycles. The van der Waals surface area contributed by atoms with Crippen molar-refractivity contribution in [1.29, 1.82) is 0 Å². The van der Waals surface area contributed by atoms with Crippen molar-refractivity contribution in [3.05, 3.63) is 26.6 Å². The molecule has 150 valence electrons. The van der Waals surface area contributed by atoms with Crippen LogP contribution in [0.4, 0.5) is 0 Å². The molecule has 1 N–H and O–H groups in total. The Morgan fingerprint density at radius 1 is 0.885 bits per heavy atom. The summed E-state index contributed by atoms with van der Waals surface area (Å²) in [7, 11) is 0. The van der Waals surface area contributed by atoms with Gasteiger partial charge in [-0.3, -0.25) is 4.79 Å². The highest BCUT2D eigenvalue weighted by Gasteiger charge is 2.08. The normalized spacial score (nSPS) is 10.2. The van der Waals surface area contributed by atoms with Crippen molar-refractivity contribution in [2.24, 2.45) is 0 Å². The molecule has 0 heterocycles. The number of aliphatic hydroxyl groups is 1. The predicted octanol–water partition coefficient (Wildman–Crippen LogP) is 3.86. The molecule has 0 aromatic heterocycles. The van der Waals surface area contributed by atoms with Crippen molar-refractivity contribution in [3.8, 4) is 5.75 Å². The Bertz CT molecular complexity index is 462. The second-order valence-electron chi connectivity index (χ2n) is 4.69. The van der Waals surface area contributed by atoms with Crippen LogP contribution in [0.3, 0.4) is 0 Å². The number of carbonyl (C=O) groups excluding carboxylic acids is 1. The number of aldehydes is 1. The summed E-state index contributed by atoms with van der Waals surface area (Å²) in [5, 5.41) is 8.58. The number of aliphatic hydroxyl groups excluding tert-OH is 1. The molecule has 26 heavy (non-hydrogen) atoms. The highest BCUT2D eigenvalue weighted by atomic mass is 79.9. The average Bonchev–Trinajstić information content (AvgIpc) is 2.65. The van der Waals surface area contributed by atoms with Crippen LogP contribution in [0.25, 0.3) is 0 Å². The summed E-state index contributed by atoms with van der Waals surface area (Å²) in [6.45, 7) is 7.51. The van der Waals surface area contributed by atoms with Crippen LogP contribution in [0.2, 0.25) is 0 Å². The van der Waals surface area contributed by atoms with Gasteiger partial charge in [0.1, 0.15) is 18.6 Å². The van der Waals surface area contributed by atoms with E-state index in [1.807, 2.05) is 13.8 Å². The number of hydrogen-bond donors (Lipinski definition) is 1. The fourth-order valence-corrected chi connectivity index (χ4v) is 3.15. The number of carbonyl (C=O) groups is 1. The summed E-state index contributed by atoms with van der Waals surface area (Å²) in [5.41, 5.74) is 0.565. The van der Waals surface area contributed by atoms with E-state index < -0.39 is 0 Å². The van der Waals surface area contributed by atoms with Crippen LogP contribution in [-0.2, 0) is 14.2 Å². The fraction of sp³-hybridized carbons (Fsp3) is 0.611. The highest BCUT2D eigenvalue weighted by molar-refractivity contribution is 9.11. The maximum Gasteiger partial charge on any atom is 0.150 e. The predicted molar refractivity (Wildman–Crippen MR) is 108 cm³/mol. The zero-order valence-electron chi connectivity index (χ0n) is 15.3. The van der Waals surface area contributed by atoms with Gasteiger partial charge in [-0.2, -0.15) is 0 Å². The summed E-state index contributed by atoms with van der Waals surface area (Å²) in [5.74, 6) is 0.639. The maximum atomic E-state index is 10.8. The number of halogens is 2. The third kappa shape index (κ3) is 12.0. The van der Waals surface area contributed by atoms with Crippen LogP contribution in [0, 0.1) is 0 Å². The van der Waals surface area contributed by atoms with E-state index in [2.05, 4.69) is 31.9 Å². The Balaban J connectivity index is 0.00000301. The first-order chi connectivity index (χ1) is 12.7. The summed E-state index contributed by atoms with van der Waals surface area (Å²) in [4.78, 5) is 10.8. The van der Waals surface area contributed by atoms with Crippen LogP contribution in [-0.4, -0.2) is 64.2 Å². The minimum Gasteiger partial charge on any atom is -0.489 e. The van der Waals surface area contributed by atoms with Crippen molar-refractivity contribution in [2.45, 2.75) is 20.3 Å². The lowest BCUT2D eigenvalue weighted by Gasteiger charge is -2.11. The summed E-state index contributed by atoms with van der Waals surface area (Å²) in [6, 6.07) is 3.40. The first-order valence-electron chi connectivity index (χ1n) is 8.60. The van der Waals surface area contributed by atoms with Gasteiger partial charge in [0.15, 0.2) is 0 Å². The Morgan fingerprint density at radius 2 is 1.35 bits per heavy atom. The van der Waals surface area contributed by atoms with Gasteiger partial charge in [-0.05, 0) is 50.4 Å². The lowest BCUT2D eigenvalue weighted by Crippen LogP contribution is -2.13. The molecule has 0 atom stereocenters. The quantitative estimate of drug-likeness (QED) is 0.309. The largest absolute Gasteiger partial charge is 0.489 e. The second kappa shape index (κ2) is 17.9. The van der Waals surface area contributed by atoms with Crippen molar-refractivity contribution in [2.75, 3.05) is 52.9 Å². The van der Waals surface area contributed by atoms with Crippen molar-refractivity contribution < 1.29 is 28.8 Å². The van der Waals surface area contributed by atoms with Gasteiger partial charge >= 0.3 is 0 Å². The second-order valence-corrected chi connectivity index (χ2v) is 6.40. The van der Waals surface area contributed by atoms with Gasteiger partial charge in [0.05, 0.1) is 42.0 Å². The topological polar surface area (TPSA) is 74.2 Å². The molecule has 1 aromatic carbocycles. The highest BCUT2D eigenvalue weighted by Crippen LogP contribution is 2.34. The minimum atomic E-state index is 0.144. The fourth-order valence-electron chi connectivity index (χ4n) is 1.70. The van der Waals surface area contributed by atoms with E-state index in [-0.39, 0.29) is 6.61 Å². The molecule has 0 aliphatic carbocycles. The van der Waals surface area contributed by atoms with Gasteiger partial charge in [0.2, 0.25) is 0 Å². The zero-order valence-corrected chi connectivity index (χ0v) is 18.5. The van der Waals surface area contributed by atoms with E-state index >= 15 is 0 Å². The molecular formula is C18H28Br2O6.